The third-order valence-corrected chi connectivity index (χ3v) is 3.72. The number of amides is 1. The predicted octanol–water partition coefficient (Wildman–Crippen LogP) is 2.98. The van der Waals surface area contributed by atoms with Crippen molar-refractivity contribution in [2.45, 2.75) is 6.92 Å². The third kappa shape index (κ3) is 3.42. The second-order valence-electron chi connectivity index (χ2n) is 5.45. The Morgan fingerprint density at radius 3 is 2.40 bits per heavy atom. The van der Waals surface area contributed by atoms with Crippen LogP contribution in [0.3, 0.4) is 0 Å². The van der Waals surface area contributed by atoms with Gasteiger partial charge in [-0.3, -0.25) is 9.59 Å². The van der Waals surface area contributed by atoms with E-state index in [0.29, 0.717) is 28.0 Å². The number of methoxy groups -OCH3 is 1. The summed E-state index contributed by atoms with van der Waals surface area (Å²) in [5, 5.41) is 0.680. The van der Waals surface area contributed by atoms with E-state index in [1.165, 1.54) is 6.92 Å². The van der Waals surface area contributed by atoms with Gasteiger partial charge in [0.15, 0.2) is 5.78 Å². The van der Waals surface area contributed by atoms with E-state index in [0.717, 1.165) is 0 Å². The zero-order valence-electron chi connectivity index (χ0n) is 13.8. The number of benzene rings is 2. The summed E-state index contributed by atoms with van der Waals surface area (Å²) in [5.74, 6) is -0.0380. The van der Waals surface area contributed by atoms with Gasteiger partial charge >= 0.3 is 0 Å². The fourth-order valence-corrected chi connectivity index (χ4v) is 2.38. The van der Waals surface area contributed by atoms with Crippen LogP contribution in [0.4, 0.5) is 5.69 Å². The van der Waals surface area contributed by atoms with Crippen LogP contribution in [-0.4, -0.2) is 18.8 Å². The van der Waals surface area contributed by atoms with Gasteiger partial charge < -0.3 is 14.9 Å². The van der Waals surface area contributed by atoms with Gasteiger partial charge in [-0.25, -0.2) is 4.99 Å². The molecule has 0 radical (unpaired) electrons. The average Bonchev–Trinajstić information content (AvgIpc) is 2.61. The van der Waals surface area contributed by atoms with Gasteiger partial charge in [-0.05, 0) is 55.5 Å². The SMILES string of the molecule is COc1ccc2oc(=Nc3ccc(C(C)=O)cc3)c(C(N)=O)cc2c1. The first-order valence-electron chi connectivity index (χ1n) is 7.55. The Kier molecular flexibility index (Phi) is 4.35. The highest BCUT2D eigenvalue weighted by Gasteiger charge is 2.10. The minimum atomic E-state index is -0.646. The molecule has 0 unspecified atom stereocenters. The topological polar surface area (TPSA) is 94.9 Å². The Morgan fingerprint density at radius 1 is 1.08 bits per heavy atom. The van der Waals surface area contributed by atoms with Crippen molar-refractivity contribution >= 4 is 28.3 Å². The number of carbonyl (C=O) groups is 2. The van der Waals surface area contributed by atoms with Crippen LogP contribution in [-0.2, 0) is 0 Å². The molecule has 6 nitrogen and oxygen atoms in total. The molecule has 0 atom stereocenters. The van der Waals surface area contributed by atoms with Gasteiger partial charge in [0.2, 0.25) is 5.55 Å². The first-order valence-corrected chi connectivity index (χ1v) is 7.55. The first-order chi connectivity index (χ1) is 12.0. The highest BCUT2D eigenvalue weighted by atomic mass is 16.5. The van der Waals surface area contributed by atoms with E-state index >= 15 is 0 Å². The van der Waals surface area contributed by atoms with E-state index in [2.05, 4.69) is 4.99 Å². The number of Topliss-reactive ketones (excluding diaryl/α,β-unsaturated/α-hetero) is 1. The maximum atomic E-state index is 11.8. The number of rotatable bonds is 4. The molecule has 2 N–H and O–H groups in total. The summed E-state index contributed by atoms with van der Waals surface area (Å²) in [6.07, 6.45) is 0. The fraction of sp³-hybridized carbons (Fsp3) is 0.105. The van der Waals surface area contributed by atoms with Gasteiger partial charge in [-0.1, -0.05) is 0 Å². The molecule has 0 aliphatic carbocycles. The molecular formula is C19H16N2O4. The minimum Gasteiger partial charge on any atom is -0.497 e. The number of hydrogen-bond acceptors (Lipinski definition) is 5. The molecule has 3 rings (SSSR count). The molecule has 0 bridgehead atoms. The molecule has 126 valence electrons. The Bertz CT molecular complexity index is 1030. The van der Waals surface area contributed by atoms with E-state index in [4.69, 9.17) is 14.9 Å². The summed E-state index contributed by atoms with van der Waals surface area (Å²) in [7, 11) is 1.56. The second kappa shape index (κ2) is 6.60. The van der Waals surface area contributed by atoms with Crippen LogP contribution in [0.15, 0.2) is 57.9 Å². The summed E-state index contributed by atoms with van der Waals surface area (Å²) in [6.45, 7) is 1.49. The van der Waals surface area contributed by atoms with Crippen LogP contribution in [0, 0.1) is 0 Å². The summed E-state index contributed by atoms with van der Waals surface area (Å²) in [4.78, 5) is 27.5. The molecular weight excluding hydrogens is 320 g/mol. The lowest BCUT2D eigenvalue weighted by atomic mass is 10.1. The number of nitrogens with zero attached hydrogens (tertiary/aromatic N) is 1. The van der Waals surface area contributed by atoms with E-state index in [9.17, 15) is 9.59 Å². The number of carbonyl (C=O) groups excluding carboxylic acids is 2. The van der Waals surface area contributed by atoms with Crippen molar-refractivity contribution in [1.82, 2.24) is 0 Å². The number of hydrogen-bond donors (Lipinski definition) is 1. The molecule has 0 aliphatic heterocycles. The van der Waals surface area contributed by atoms with Crippen LogP contribution in [0.1, 0.15) is 27.6 Å². The maximum absolute atomic E-state index is 11.8. The molecule has 0 saturated carbocycles. The molecule has 3 aromatic rings. The highest BCUT2D eigenvalue weighted by molar-refractivity contribution is 5.96. The number of ketones is 1. The van der Waals surface area contributed by atoms with Crippen LogP contribution in [0.2, 0.25) is 0 Å². The highest BCUT2D eigenvalue weighted by Crippen LogP contribution is 2.21. The third-order valence-electron chi connectivity index (χ3n) is 3.72. The lowest BCUT2D eigenvalue weighted by Gasteiger charge is -2.04. The van der Waals surface area contributed by atoms with Gasteiger partial charge in [0.1, 0.15) is 16.9 Å². The quantitative estimate of drug-likeness (QED) is 0.741. The Morgan fingerprint density at radius 2 is 1.80 bits per heavy atom. The van der Waals surface area contributed by atoms with Crippen molar-refractivity contribution < 1.29 is 18.7 Å². The van der Waals surface area contributed by atoms with Gasteiger partial charge in [0.05, 0.1) is 12.8 Å². The van der Waals surface area contributed by atoms with Crippen molar-refractivity contribution in [1.29, 1.82) is 0 Å². The van der Waals surface area contributed by atoms with Crippen LogP contribution in [0.5, 0.6) is 5.75 Å². The van der Waals surface area contributed by atoms with Crippen molar-refractivity contribution in [3.8, 4) is 5.75 Å². The van der Waals surface area contributed by atoms with Gasteiger partial charge in [-0.2, -0.15) is 0 Å². The minimum absolute atomic E-state index is 0.0336. The number of fused-ring (bicyclic) bond motifs is 1. The smallest absolute Gasteiger partial charge is 0.254 e. The monoisotopic (exact) mass is 336 g/mol. The van der Waals surface area contributed by atoms with Gasteiger partial charge in [0.25, 0.3) is 5.91 Å². The van der Waals surface area contributed by atoms with E-state index in [-0.39, 0.29) is 16.9 Å². The summed E-state index contributed by atoms with van der Waals surface area (Å²) < 4.78 is 10.9. The molecule has 25 heavy (non-hydrogen) atoms. The van der Waals surface area contributed by atoms with E-state index < -0.39 is 5.91 Å². The van der Waals surface area contributed by atoms with E-state index in [1.54, 1.807) is 55.6 Å². The van der Waals surface area contributed by atoms with Crippen molar-refractivity contribution in [3.63, 3.8) is 0 Å². The number of ether oxygens (including phenoxy) is 1. The Labute approximate surface area is 143 Å². The molecule has 0 spiro atoms. The molecule has 0 aliphatic rings. The van der Waals surface area contributed by atoms with Crippen molar-refractivity contribution in [2.24, 2.45) is 10.7 Å². The second-order valence-corrected chi connectivity index (χ2v) is 5.45. The molecule has 0 saturated heterocycles. The maximum Gasteiger partial charge on any atom is 0.254 e. The molecule has 1 heterocycles. The predicted molar refractivity (Wildman–Crippen MR) is 93.0 cm³/mol. The van der Waals surface area contributed by atoms with Crippen molar-refractivity contribution in [2.75, 3.05) is 7.11 Å². The Balaban J connectivity index is 2.17. The zero-order valence-corrected chi connectivity index (χ0v) is 13.8. The molecule has 1 amide bonds. The fourth-order valence-electron chi connectivity index (χ4n) is 2.38. The Hall–Kier alpha value is -3.41. The zero-order chi connectivity index (χ0) is 18.0. The molecule has 0 fully saturated rings. The summed E-state index contributed by atoms with van der Waals surface area (Å²) >= 11 is 0. The average molecular weight is 336 g/mol. The van der Waals surface area contributed by atoms with E-state index in [1.807, 2.05) is 0 Å². The molecule has 1 aromatic heterocycles. The molecule has 2 aromatic carbocycles. The lowest BCUT2D eigenvalue weighted by molar-refractivity contribution is 0.0993. The normalized spacial score (nSPS) is 11.5. The van der Waals surface area contributed by atoms with Crippen LogP contribution >= 0.6 is 0 Å². The summed E-state index contributed by atoms with van der Waals surface area (Å²) in [5.41, 5.74) is 7.41. The number of primary amides is 1. The lowest BCUT2D eigenvalue weighted by Crippen LogP contribution is -2.21. The largest absolute Gasteiger partial charge is 0.497 e. The molecule has 6 heteroatoms. The van der Waals surface area contributed by atoms with Crippen LogP contribution in [0.25, 0.3) is 11.0 Å². The van der Waals surface area contributed by atoms with Crippen LogP contribution < -0.4 is 16.0 Å². The summed E-state index contributed by atoms with van der Waals surface area (Å²) in [6, 6.07) is 13.5. The standard InChI is InChI=1S/C19H16N2O4/c1-11(22)12-3-5-14(6-4-12)21-19-16(18(20)23)10-13-9-15(24-2)7-8-17(13)25-19/h3-10H,1-2H3,(H2,20,23). The van der Waals surface area contributed by atoms with Gasteiger partial charge in [-0.15, -0.1) is 0 Å². The number of nitrogens with two attached hydrogens (primary N) is 1. The van der Waals surface area contributed by atoms with Crippen molar-refractivity contribution in [3.05, 3.63) is 65.2 Å². The van der Waals surface area contributed by atoms with Gasteiger partial charge in [0, 0.05) is 10.9 Å². The first kappa shape index (κ1) is 16.4.